The molecule has 12 atom stereocenters. The average Bonchev–Trinajstić information content (AvgIpc) is 3.04. The van der Waals surface area contributed by atoms with Crippen LogP contribution in [0.5, 0.6) is 0 Å². The first-order valence-corrected chi connectivity index (χ1v) is 18.7. The van der Waals surface area contributed by atoms with Gasteiger partial charge in [0.2, 0.25) is 12.0 Å². The summed E-state index contributed by atoms with van der Waals surface area (Å²) >= 11 is 0. The van der Waals surface area contributed by atoms with Gasteiger partial charge in [-0.2, -0.15) is 0 Å². The predicted octanol–water partition coefficient (Wildman–Crippen LogP) is 7.90. The molecule has 1 aliphatic heterocycles. The Morgan fingerprint density at radius 2 is 1.63 bits per heavy atom. The average molecular weight is 678 g/mol. The van der Waals surface area contributed by atoms with Crippen LogP contribution in [0.1, 0.15) is 114 Å². The number of fused-ring (bicyclic) bond motifs is 7. The van der Waals surface area contributed by atoms with Crippen molar-refractivity contribution in [3.63, 3.8) is 0 Å². The van der Waals surface area contributed by atoms with Crippen LogP contribution in [0.3, 0.4) is 0 Å². The third-order valence-corrected chi connectivity index (χ3v) is 15.4. The largest absolute Gasteiger partial charge is 0.432 e. The molecule has 3 unspecified atom stereocenters. The number of carbonyl (C=O) groups excluding carboxylic acids is 3. The first-order chi connectivity index (χ1) is 22.8. The zero-order valence-electron chi connectivity index (χ0n) is 31.7. The van der Waals surface area contributed by atoms with Crippen LogP contribution in [0.4, 0.5) is 0 Å². The highest BCUT2D eigenvalue weighted by molar-refractivity contribution is 6.03. The molecule has 49 heavy (non-hydrogen) atoms. The fourth-order valence-electron chi connectivity index (χ4n) is 12.4. The van der Waals surface area contributed by atoms with Crippen molar-refractivity contribution >= 4 is 17.5 Å². The van der Waals surface area contributed by atoms with E-state index in [-0.39, 0.29) is 69.9 Å². The molecule has 270 valence electrons. The van der Waals surface area contributed by atoms with Crippen LogP contribution in [0, 0.1) is 62.7 Å². The number of nitrogens with zero attached hydrogens (tertiary/aromatic N) is 1. The monoisotopic (exact) mass is 677 g/mol. The molecule has 8 heteroatoms. The highest BCUT2D eigenvalue weighted by Crippen LogP contribution is 2.74. The number of carbonyl (C=O) groups is 3. The Kier molecular flexibility index (Phi) is 8.82. The summed E-state index contributed by atoms with van der Waals surface area (Å²) in [6, 6.07) is 0. The summed E-state index contributed by atoms with van der Waals surface area (Å²) in [4.78, 5) is 46.8. The Morgan fingerprint density at radius 3 is 2.24 bits per heavy atom. The van der Waals surface area contributed by atoms with Gasteiger partial charge in [0.1, 0.15) is 6.10 Å². The molecule has 0 amide bonds. The van der Waals surface area contributed by atoms with E-state index in [2.05, 4.69) is 53.3 Å². The highest BCUT2D eigenvalue weighted by atomic mass is 16.7. The van der Waals surface area contributed by atoms with Crippen LogP contribution >= 0.6 is 0 Å². The molecule has 0 aromatic carbocycles. The zero-order valence-corrected chi connectivity index (χ0v) is 31.7. The quantitative estimate of drug-likeness (QED) is 0.216. The number of hydrogen-bond donors (Lipinski definition) is 0. The molecule has 0 spiro atoms. The Labute approximate surface area is 293 Å². The topological polar surface area (TPSA) is 92.5 Å². The number of rotatable bonds is 5. The second kappa shape index (κ2) is 11.9. The lowest BCUT2D eigenvalue weighted by Crippen LogP contribution is -2.66. The number of methoxy groups -OCH3 is 2. The van der Waals surface area contributed by atoms with Gasteiger partial charge in [-0.3, -0.25) is 9.59 Å². The molecule has 1 saturated heterocycles. The van der Waals surface area contributed by atoms with Crippen molar-refractivity contribution in [2.45, 2.75) is 138 Å². The van der Waals surface area contributed by atoms with E-state index in [1.165, 1.54) is 0 Å². The Balaban J connectivity index is 1.42. The van der Waals surface area contributed by atoms with E-state index in [1.807, 2.05) is 26.0 Å². The van der Waals surface area contributed by atoms with E-state index in [0.717, 1.165) is 37.7 Å². The van der Waals surface area contributed by atoms with Crippen LogP contribution in [0.25, 0.3) is 4.85 Å². The van der Waals surface area contributed by atoms with Crippen LogP contribution in [-0.2, 0) is 33.3 Å². The van der Waals surface area contributed by atoms with E-state index in [1.54, 1.807) is 14.2 Å². The lowest BCUT2D eigenvalue weighted by atomic mass is 9.34. The second-order valence-corrected chi connectivity index (χ2v) is 18.5. The molecule has 8 nitrogen and oxygen atoms in total. The van der Waals surface area contributed by atoms with E-state index in [0.29, 0.717) is 19.3 Å². The first kappa shape index (κ1) is 36.5. The first-order valence-electron chi connectivity index (χ1n) is 18.7. The zero-order chi connectivity index (χ0) is 36.1. The number of Topliss-reactive ketones (excluding diaryl/α,β-unsaturated/α-hetero) is 1. The lowest BCUT2D eigenvalue weighted by Gasteiger charge is -2.69. The van der Waals surface area contributed by atoms with Gasteiger partial charge in [0.25, 0.3) is 0 Å². The smallest absolute Gasteiger partial charge is 0.314 e. The number of allylic oxidation sites excluding steroid dienone is 4. The molecule has 0 bridgehead atoms. The molecular weight excluding hydrogens is 618 g/mol. The van der Waals surface area contributed by atoms with Crippen molar-refractivity contribution in [2.75, 3.05) is 14.2 Å². The summed E-state index contributed by atoms with van der Waals surface area (Å²) in [5.74, 6) is -0.790. The van der Waals surface area contributed by atoms with Gasteiger partial charge in [-0.05, 0) is 85.5 Å². The molecule has 4 fully saturated rings. The van der Waals surface area contributed by atoms with E-state index >= 15 is 0 Å². The second-order valence-electron chi connectivity index (χ2n) is 18.5. The van der Waals surface area contributed by atoms with Crippen LogP contribution in [0.2, 0.25) is 0 Å². The van der Waals surface area contributed by atoms with Crippen LogP contribution in [0.15, 0.2) is 23.4 Å². The molecular formula is C41H59NO7. The molecule has 3 saturated carbocycles. The van der Waals surface area contributed by atoms with Gasteiger partial charge >= 0.3 is 5.97 Å². The summed E-state index contributed by atoms with van der Waals surface area (Å²) in [5.41, 5.74) is -1.67. The van der Waals surface area contributed by atoms with E-state index in [4.69, 9.17) is 25.5 Å². The fraction of sp³-hybridized carbons (Fsp3) is 0.805. The van der Waals surface area contributed by atoms with Crippen LogP contribution in [-0.4, -0.2) is 56.4 Å². The molecule has 6 rings (SSSR count). The van der Waals surface area contributed by atoms with Gasteiger partial charge in [-0.1, -0.05) is 74.0 Å². The van der Waals surface area contributed by atoms with Crippen molar-refractivity contribution in [1.82, 2.24) is 0 Å². The number of ketones is 2. The van der Waals surface area contributed by atoms with Crippen molar-refractivity contribution in [3.8, 4) is 0 Å². The summed E-state index contributed by atoms with van der Waals surface area (Å²) < 4.78 is 24.6. The van der Waals surface area contributed by atoms with E-state index in [9.17, 15) is 14.4 Å². The summed E-state index contributed by atoms with van der Waals surface area (Å²) in [6.07, 6.45) is 7.97. The third kappa shape index (κ3) is 4.95. The minimum Gasteiger partial charge on any atom is -0.432 e. The predicted molar refractivity (Wildman–Crippen MR) is 186 cm³/mol. The minimum atomic E-state index is -0.899. The molecule has 5 aliphatic carbocycles. The number of esters is 1. The maximum Gasteiger partial charge on any atom is 0.314 e. The van der Waals surface area contributed by atoms with Gasteiger partial charge in [-0.15, -0.1) is 0 Å². The van der Waals surface area contributed by atoms with E-state index < -0.39 is 34.1 Å². The van der Waals surface area contributed by atoms with Gasteiger partial charge in [0.05, 0.1) is 24.2 Å². The summed E-state index contributed by atoms with van der Waals surface area (Å²) in [5, 5.41) is 0. The summed E-state index contributed by atoms with van der Waals surface area (Å²) in [7, 11) is 3.27. The molecule has 1 heterocycles. The van der Waals surface area contributed by atoms with Gasteiger partial charge in [-0.25, -0.2) is 4.85 Å². The number of ether oxygens (including phenoxy) is 4. The third-order valence-electron chi connectivity index (χ3n) is 15.4. The fourth-order valence-corrected chi connectivity index (χ4v) is 12.4. The molecule has 0 radical (unpaired) electrons. The van der Waals surface area contributed by atoms with Crippen LogP contribution < -0.4 is 0 Å². The Morgan fingerprint density at radius 1 is 0.980 bits per heavy atom. The molecule has 0 N–H and O–H groups in total. The number of hydrogen-bond acceptors (Lipinski definition) is 7. The van der Waals surface area contributed by atoms with Crippen molar-refractivity contribution in [3.05, 3.63) is 34.8 Å². The Hall–Kier alpha value is -2.34. The lowest BCUT2D eigenvalue weighted by molar-refractivity contribution is -0.291. The van der Waals surface area contributed by atoms with Crippen molar-refractivity contribution < 1.29 is 33.3 Å². The van der Waals surface area contributed by atoms with Gasteiger partial charge in [0, 0.05) is 36.9 Å². The maximum atomic E-state index is 14.9. The normalized spacial score (nSPS) is 46.9. The van der Waals surface area contributed by atoms with Crippen molar-refractivity contribution in [1.29, 1.82) is 0 Å². The standard InChI is InChI=1S/C41H59NO7/c1-13-27-23(2)31(46-11)32(47-12)34(48-27)49-35(45)41-18-16-36(3,4)21-24(41)30-26(43)20-29-38(7)22-25(42-10)33(44)37(5,6)28(38)14-15-39(29,8)40(30,9)17-19-41/h20,22-24,27-28,30-32,34H,13-19,21H2,1-9,11-12H3/t23-,24?,27-,28+,30?,31+,32-,34?,38+,39-,40-,41+/m1/s1. The minimum absolute atomic E-state index is 0.00800. The Bertz CT molecular complexity index is 1520. The highest BCUT2D eigenvalue weighted by Gasteiger charge is 2.71. The van der Waals surface area contributed by atoms with Crippen molar-refractivity contribution in [2.24, 2.45) is 56.2 Å². The van der Waals surface area contributed by atoms with Gasteiger partial charge in [0.15, 0.2) is 11.6 Å². The molecule has 6 aliphatic rings. The molecule has 0 aromatic heterocycles. The van der Waals surface area contributed by atoms with Gasteiger partial charge < -0.3 is 23.7 Å². The maximum absolute atomic E-state index is 14.9. The summed E-state index contributed by atoms with van der Waals surface area (Å²) in [6.45, 7) is 27.2. The molecule has 0 aromatic rings. The SMILES string of the molecule is [C-]#[N+]C1=C[C@]2(C)C3=CC(=O)C4C5CC(C)(C)CC[C@]5(C(=O)OC5O[C@H](CC)[C@@H](C)[C@H](OC)[C@H]5OC)CC[C@@]4(C)[C@]3(C)CC[C@H]2C(C)(C)C1=O.